The summed E-state index contributed by atoms with van der Waals surface area (Å²) in [7, 11) is 0. The van der Waals surface area contributed by atoms with Crippen molar-refractivity contribution in [2.75, 3.05) is 0 Å². The van der Waals surface area contributed by atoms with Gasteiger partial charge in [0.1, 0.15) is 11.5 Å². The number of rotatable bonds is 1. The molecule has 0 aliphatic carbocycles. The first-order valence-electron chi connectivity index (χ1n) is 3.55. The van der Waals surface area contributed by atoms with Gasteiger partial charge in [-0.2, -0.15) is 13.2 Å². The highest BCUT2D eigenvalue weighted by Gasteiger charge is 2.33. The summed E-state index contributed by atoms with van der Waals surface area (Å²) in [5.74, 6) is 0.00678. The second-order valence-corrected chi connectivity index (χ2v) is 2.51. The van der Waals surface area contributed by atoms with Crippen LogP contribution in [-0.4, -0.2) is 9.97 Å². The molecule has 0 aliphatic heterocycles. The summed E-state index contributed by atoms with van der Waals surface area (Å²) in [6.45, 7) is 1.38. The van der Waals surface area contributed by atoms with Crippen molar-refractivity contribution >= 4 is 0 Å². The minimum absolute atomic E-state index is 0.00678. The summed E-state index contributed by atoms with van der Waals surface area (Å²) in [6, 6.07) is 0.888. The van der Waals surface area contributed by atoms with Crippen LogP contribution in [0.3, 0.4) is 0 Å². The molecule has 0 saturated heterocycles. The highest BCUT2D eigenvalue weighted by atomic mass is 19.4. The van der Waals surface area contributed by atoms with Crippen molar-refractivity contribution < 1.29 is 13.2 Å². The van der Waals surface area contributed by atoms with E-state index in [1.807, 2.05) is 0 Å². The molecule has 0 aromatic carbocycles. The van der Waals surface area contributed by atoms with Crippen LogP contribution in [0.25, 0.3) is 0 Å². The van der Waals surface area contributed by atoms with Crippen molar-refractivity contribution in [1.29, 1.82) is 0 Å². The molecule has 0 fully saturated rings. The van der Waals surface area contributed by atoms with E-state index in [4.69, 9.17) is 5.73 Å². The fraction of sp³-hybridized carbons (Fsp3) is 0.429. The van der Waals surface area contributed by atoms with E-state index in [1.54, 1.807) is 0 Å². The maximum Gasteiger partial charge on any atom is 0.433 e. The minimum Gasteiger partial charge on any atom is -0.324 e. The van der Waals surface area contributed by atoms with Gasteiger partial charge in [-0.25, -0.2) is 9.97 Å². The number of hydrogen-bond acceptors (Lipinski definition) is 3. The Bertz CT molecular complexity index is 308. The molecule has 72 valence electrons. The molecule has 6 heteroatoms. The Hall–Kier alpha value is -1.17. The Morgan fingerprint density at radius 2 is 2.00 bits per heavy atom. The maximum atomic E-state index is 12.2. The molecule has 1 heterocycles. The van der Waals surface area contributed by atoms with Crippen LogP contribution in [0.15, 0.2) is 6.07 Å². The molecule has 0 aliphatic rings. The van der Waals surface area contributed by atoms with Gasteiger partial charge in [-0.05, 0) is 13.0 Å². The molecule has 1 aromatic rings. The summed E-state index contributed by atoms with van der Waals surface area (Å²) in [4.78, 5) is 6.99. The fourth-order valence-corrected chi connectivity index (χ4v) is 0.867. The van der Waals surface area contributed by atoms with Gasteiger partial charge < -0.3 is 5.73 Å². The molecule has 0 amide bonds. The zero-order valence-corrected chi connectivity index (χ0v) is 6.89. The van der Waals surface area contributed by atoms with Crippen LogP contribution in [0.1, 0.15) is 17.2 Å². The van der Waals surface area contributed by atoms with E-state index in [2.05, 4.69) is 9.97 Å². The first kappa shape index (κ1) is 9.91. The maximum absolute atomic E-state index is 12.2. The number of aromatic nitrogens is 2. The van der Waals surface area contributed by atoms with Gasteiger partial charge in [-0.1, -0.05) is 0 Å². The van der Waals surface area contributed by atoms with Crippen LogP contribution >= 0.6 is 0 Å². The number of nitrogens with zero attached hydrogens (tertiary/aromatic N) is 2. The van der Waals surface area contributed by atoms with E-state index in [0.29, 0.717) is 0 Å². The van der Waals surface area contributed by atoms with E-state index >= 15 is 0 Å². The number of hydrogen-bond donors (Lipinski definition) is 1. The van der Waals surface area contributed by atoms with Crippen LogP contribution in [-0.2, 0) is 12.7 Å². The average Bonchev–Trinajstić information content (AvgIpc) is 2.01. The summed E-state index contributed by atoms with van der Waals surface area (Å²) >= 11 is 0. The molecule has 1 rings (SSSR count). The highest BCUT2D eigenvalue weighted by molar-refractivity contribution is 5.12. The van der Waals surface area contributed by atoms with Crippen LogP contribution in [0, 0.1) is 6.92 Å². The van der Waals surface area contributed by atoms with Gasteiger partial charge in [0.25, 0.3) is 0 Å². The average molecular weight is 191 g/mol. The predicted molar refractivity (Wildman–Crippen MR) is 39.7 cm³/mol. The third-order valence-electron chi connectivity index (χ3n) is 1.37. The molecule has 2 N–H and O–H groups in total. The fourth-order valence-electron chi connectivity index (χ4n) is 0.867. The third kappa shape index (κ3) is 2.38. The summed E-state index contributed by atoms with van der Waals surface area (Å²) in [5.41, 5.74) is 4.46. The Labute approximate surface area is 72.8 Å². The van der Waals surface area contributed by atoms with E-state index in [1.165, 1.54) is 6.92 Å². The van der Waals surface area contributed by atoms with Crippen LogP contribution in [0.5, 0.6) is 0 Å². The van der Waals surface area contributed by atoms with Gasteiger partial charge in [0.15, 0.2) is 0 Å². The molecule has 3 nitrogen and oxygen atoms in total. The van der Waals surface area contributed by atoms with Crippen LogP contribution < -0.4 is 5.73 Å². The zero-order valence-electron chi connectivity index (χ0n) is 6.89. The van der Waals surface area contributed by atoms with Crippen molar-refractivity contribution in [1.82, 2.24) is 9.97 Å². The number of halogens is 3. The number of nitrogens with two attached hydrogens (primary N) is 1. The smallest absolute Gasteiger partial charge is 0.324 e. The molecule has 0 unspecified atom stereocenters. The zero-order chi connectivity index (χ0) is 10.1. The lowest BCUT2D eigenvalue weighted by Gasteiger charge is -2.07. The van der Waals surface area contributed by atoms with Crippen molar-refractivity contribution in [3.63, 3.8) is 0 Å². The van der Waals surface area contributed by atoms with Crippen molar-refractivity contribution in [3.8, 4) is 0 Å². The summed E-state index contributed by atoms with van der Waals surface area (Å²) in [5, 5.41) is 0. The van der Waals surface area contributed by atoms with Crippen molar-refractivity contribution in [2.45, 2.75) is 19.6 Å². The second kappa shape index (κ2) is 3.29. The van der Waals surface area contributed by atoms with Gasteiger partial charge in [-0.3, -0.25) is 0 Å². The van der Waals surface area contributed by atoms with Gasteiger partial charge in [0, 0.05) is 5.69 Å². The highest BCUT2D eigenvalue weighted by Crippen LogP contribution is 2.27. The molecule has 0 spiro atoms. The third-order valence-corrected chi connectivity index (χ3v) is 1.37. The van der Waals surface area contributed by atoms with Crippen molar-refractivity contribution in [3.05, 3.63) is 23.3 Å². The van der Waals surface area contributed by atoms with Crippen LogP contribution in [0.2, 0.25) is 0 Å². The van der Waals surface area contributed by atoms with Gasteiger partial charge >= 0.3 is 6.18 Å². The van der Waals surface area contributed by atoms with E-state index in [-0.39, 0.29) is 18.1 Å². The van der Waals surface area contributed by atoms with Gasteiger partial charge in [0.2, 0.25) is 0 Å². The Morgan fingerprint density at radius 1 is 1.38 bits per heavy atom. The lowest BCUT2D eigenvalue weighted by Crippen LogP contribution is -2.13. The molecule has 13 heavy (non-hydrogen) atoms. The predicted octanol–water partition coefficient (Wildman–Crippen LogP) is 1.26. The van der Waals surface area contributed by atoms with Crippen LogP contribution in [0.4, 0.5) is 13.2 Å². The monoisotopic (exact) mass is 191 g/mol. The standard InChI is InChI=1S/C7H8F3N3/c1-4-2-5(7(8,9)10)13-6(3-11)12-4/h2H,3,11H2,1H3. The van der Waals surface area contributed by atoms with Crippen molar-refractivity contribution in [2.24, 2.45) is 5.73 Å². The SMILES string of the molecule is Cc1cc(C(F)(F)F)nc(CN)n1. The molecular formula is C7H8F3N3. The largest absolute Gasteiger partial charge is 0.433 e. The Morgan fingerprint density at radius 3 is 2.46 bits per heavy atom. The number of alkyl halides is 3. The lowest BCUT2D eigenvalue weighted by atomic mass is 10.3. The first-order valence-corrected chi connectivity index (χ1v) is 3.55. The summed E-state index contributed by atoms with van der Waals surface area (Å²) < 4.78 is 36.5. The molecular weight excluding hydrogens is 183 g/mol. The van der Waals surface area contributed by atoms with E-state index in [0.717, 1.165) is 6.07 Å². The Kier molecular flexibility index (Phi) is 2.51. The van der Waals surface area contributed by atoms with Gasteiger partial charge in [0.05, 0.1) is 6.54 Å². The normalized spacial score (nSPS) is 11.8. The summed E-state index contributed by atoms with van der Waals surface area (Å²) in [6.07, 6.45) is -4.43. The van der Waals surface area contributed by atoms with E-state index < -0.39 is 11.9 Å². The topological polar surface area (TPSA) is 51.8 Å². The molecule has 0 radical (unpaired) electrons. The molecule has 0 bridgehead atoms. The molecule has 1 aromatic heterocycles. The molecule has 0 saturated carbocycles. The van der Waals surface area contributed by atoms with E-state index in [9.17, 15) is 13.2 Å². The first-order chi connectivity index (χ1) is 5.93. The van der Waals surface area contributed by atoms with Gasteiger partial charge in [-0.15, -0.1) is 0 Å². The Balaban J connectivity index is 3.16. The molecule has 0 atom stereocenters. The number of aryl methyl sites for hydroxylation is 1. The lowest BCUT2D eigenvalue weighted by molar-refractivity contribution is -0.141. The minimum atomic E-state index is -4.43. The second-order valence-electron chi connectivity index (χ2n) is 2.51. The quantitative estimate of drug-likeness (QED) is 0.727.